The van der Waals surface area contributed by atoms with Gasteiger partial charge in [0.05, 0.1) is 6.20 Å². The van der Waals surface area contributed by atoms with E-state index in [1.54, 1.807) is 0 Å². The van der Waals surface area contributed by atoms with Crippen LogP contribution in [-0.4, -0.2) is 90.3 Å². The topological polar surface area (TPSA) is 51.9 Å². The summed E-state index contributed by atoms with van der Waals surface area (Å²) >= 11 is 0. The maximum absolute atomic E-state index is 4.46. The molecule has 1 aromatic heterocycles. The van der Waals surface area contributed by atoms with Crippen molar-refractivity contribution in [2.75, 3.05) is 53.9 Å². The SMILES string of the molecule is CN=C(NCC(C(C)C)N1CCN(C)CC1)N(C)Cc1cnn(C)c1. The molecule has 25 heavy (non-hydrogen) atoms. The number of nitrogens with one attached hydrogen (secondary N) is 1. The number of likely N-dealkylation sites (N-methyl/N-ethyl adjacent to an activating group) is 1. The van der Waals surface area contributed by atoms with Gasteiger partial charge in [0.15, 0.2) is 5.96 Å². The third kappa shape index (κ3) is 5.71. The fourth-order valence-corrected chi connectivity index (χ4v) is 3.42. The van der Waals surface area contributed by atoms with Gasteiger partial charge in [-0.15, -0.1) is 0 Å². The molecule has 0 aromatic carbocycles. The van der Waals surface area contributed by atoms with Crippen LogP contribution >= 0.6 is 0 Å². The van der Waals surface area contributed by atoms with Crippen molar-refractivity contribution in [2.45, 2.75) is 26.4 Å². The predicted molar refractivity (Wildman–Crippen MR) is 104 cm³/mol. The molecule has 2 heterocycles. The van der Waals surface area contributed by atoms with Crippen molar-refractivity contribution < 1.29 is 0 Å². The summed E-state index contributed by atoms with van der Waals surface area (Å²) in [4.78, 5) is 11.6. The summed E-state index contributed by atoms with van der Waals surface area (Å²) in [7, 11) is 8.07. The van der Waals surface area contributed by atoms with Crippen LogP contribution in [0.2, 0.25) is 0 Å². The number of hydrogen-bond acceptors (Lipinski definition) is 4. The van der Waals surface area contributed by atoms with Crippen LogP contribution in [0.25, 0.3) is 0 Å². The Morgan fingerprint density at radius 3 is 2.48 bits per heavy atom. The van der Waals surface area contributed by atoms with Gasteiger partial charge in [0.2, 0.25) is 0 Å². The van der Waals surface area contributed by atoms with Gasteiger partial charge in [0.1, 0.15) is 0 Å². The maximum Gasteiger partial charge on any atom is 0.193 e. The molecule has 142 valence electrons. The molecule has 1 atom stereocenters. The Kier molecular flexibility index (Phi) is 7.25. The highest BCUT2D eigenvalue weighted by atomic mass is 15.3. The Bertz CT molecular complexity index is 543. The van der Waals surface area contributed by atoms with E-state index in [4.69, 9.17) is 0 Å². The van der Waals surface area contributed by atoms with Gasteiger partial charge < -0.3 is 15.1 Å². The molecule has 0 spiro atoms. The number of aromatic nitrogens is 2. The van der Waals surface area contributed by atoms with Crippen LogP contribution in [-0.2, 0) is 13.6 Å². The zero-order chi connectivity index (χ0) is 18.4. The van der Waals surface area contributed by atoms with E-state index in [0.29, 0.717) is 12.0 Å². The second-order valence-corrected chi connectivity index (χ2v) is 7.46. The van der Waals surface area contributed by atoms with Crippen LogP contribution in [0.5, 0.6) is 0 Å². The fraction of sp³-hybridized carbons (Fsp3) is 0.778. The van der Waals surface area contributed by atoms with Crippen molar-refractivity contribution in [2.24, 2.45) is 18.0 Å². The lowest BCUT2D eigenvalue weighted by Crippen LogP contribution is -2.55. The Labute approximate surface area is 152 Å². The number of piperazine rings is 1. The van der Waals surface area contributed by atoms with E-state index >= 15 is 0 Å². The van der Waals surface area contributed by atoms with Gasteiger partial charge in [-0.2, -0.15) is 5.10 Å². The number of rotatable bonds is 6. The zero-order valence-electron chi connectivity index (χ0n) is 16.7. The van der Waals surface area contributed by atoms with Crippen molar-refractivity contribution in [1.82, 2.24) is 29.8 Å². The normalized spacial score (nSPS) is 18.6. The average molecular weight is 350 g/mol. The Morgan fingerprint density at radius 2 is 1.96 bits per heavy atom. The Hall–Kier alpha value is -1.60. The van der Waals surface area contributed by atoms with Gasteiger partial charge in [0, 0.05) is 78.2 Å². The molecule has 0 aliphatic carbocycles. The molecule has 1 aliphatic heterocycles. The van der Waals surface area contributed by atoms with Gasteiger partial charge in [-0.1, -0.05) is 13.8 Å². The molecule has 2 rings (SSSR count). The van der Waals surface area contributed by atoms with E-state index in [1.165, 1.54) is 5.56 Å². The molecule has 1 N–H and O–H groups in total. The highest BCUT2D eigenvalue weighted by Crippen LogP contribution is 2.13. The molecule has 0 saturated carbocycles. The summed E-state index contributed by atoms with van der Waals surface area (Å²) in [6.07, 6.45) is 3.95. The van der Waals surface area contributed by atoms with E-state index in [0.717, 1.165) is 45.2 Å². The fourth-order valence-electron chi connectivity index (χ4n) is 3.42. The Balaban J connectivity index is 1.90. The maximum atomic E-state index is 4.46. The monoisotopic (exact) mass is 349 g/mol. The smallest absolute Gasteiger partial charge is 0.193 e. The summed E-state index contributed by atoms with van der Waals surface area (Å²) in [6, 6.07) is 0.525. The lowest BCUT2D eigenvalue weighted by Gasteiger charge is -2.40. The first kappa shape index (κ1) is 19.7. The lowest BCUT2D eigenvalue weighted by molar-refractivity contribution is 0.0897. The van der Waals surface area contributed by atoms with Gasteiger partial charge in [-0.05, 0) is 13.0 Å². The molecule has 1 aliphatic rings. The van der Waals surface area contributed by atoms with Crippen LogP contribution in [0, 0.1) is 5.92 Å². The summed E-state index contributed by atoms with van der Waals surface area (Å²) in [5, 5.41) is 7.82. The highest BCUT2D eigenvalue weighted by Gasteiger charge is 2.25. The van der Waals surface area contributed by atoms with Crippen molar-refractivity contribution in [3.63, 3.8) is 0 Å². The average Bonchev–Trinajstić information content (AvgIpc) is 2.97. The number of hydrogen-bond donors (Lipinski definition) is 1. The second-order valence-electron chi connectivity index (χ2n) is 7.46. The van der Waals surface area contributed by atoms with Crippen LogP contribution < -0.4 is 5.32 Å². The first-order chi connectivity index (χ1) is 11.9. The van der Waals surface area contributed by atoms with E-state index in [-0.39, 0.29) is 0 Å². The molecule has 1 unspecified atom stereocenters. The zero-order valence-corrected chi connectivity index (χ0v) is 16.7. The first-order valence-corrected chi connectivity index (χ1v) is 9.22. The summed E-state index contributed by atoms with van der Waals surface area (Å²) < 4.78 is 1.83. The summed E-state index contributed by atoms with van der Waals surface area (Å²) in [5.41, 5.74) is 1.19. The van der Waals surface area contributed by atoms with Gasteiger partial charge in [-0.25, -0.2) is 0 Å². The van der Waals surface area contributed by atoms with Crippen molar-refractivity contribution >= 4 is 5.96 Å². The molecule has 1 aromatic rings. The lowest BCUT2D eigenvalue weighted by atomic mass is 10.0. The molecular weight excluding hydrogens is 314 g/mol. The van der Waals surface area contributed by atoms with E-state index in [2.05, 4.69) is 58.1 Å². The van der Waals surface area contributed by atoms with Crippen LogP contribution in [0.3, 0.4) is 0 Å². The van der Waals surface area contributed by atoms with Crippen LogP contribution in [0.4, 0.5) is 0 Å². The van der Waals surface area contributed by atoms with Gasteiger partial charge in [-0.3, -0.25) is 14.6 Å². The van der Waals surface area contributed by atoms with E-state index < -0.39 is 0 Å². The molecule has 0 radical (unpaired) electrons. The second kappa shape index (κ2) is 9.20. The van der Waals surface area contributed by atoms with Crippen molar-refractivity contribution in [3.05, 3.63) is 18.0 Å². The minimum absolute atomic E-state index is 0.525. The third-order valence-corrected chi connectivity index (χ3v) is 5.00. The third-order valence-electron chi connectivity index (χ3n) is 5.00. The van der Waals surface area contributed by atoms with Crippen molar-refractivity contribution in [1.29, 1.82) is 0 Å². The molecule has 7 heteroatoms. The largest absolute Gasteiger partial charge is 0.355 e. The minimum Gasteiger partial charge on any atom is -0.355 e. The van der Waals surface area contributed by atoms with E-state index in [1.807, 2.05) is 31.2 Å². The van der Waals surface area contributed by atoms with Gasteiger partial charge in [0.25, 0.3) is 0 Å². The van der Waals surface area contributed by atoms with Crippen molar-refractivity contribution in [3.8, 4) is 0 Å². The molecule has 0 amide bonds. The number of nitrogens with zero attached hydrogens (tertiary/aromatic N) is 6. The molecule has 1 saturated heterocycles. The van der Waals surface area contributed by atoms with E-state index in [9.17, 15) is 0 Å². The number of guanidine groups is 1. The standard InChI is InChI=1S/C18H35N7/c1-15(2)17(25-9-7-22(4)8-10-25)12-20-18(19-3)23(5)13-16-11-21-24(6)14-16/h11,14-15,17H,7-10,12-13H2,1-6H3,(H,19,20). The van der Waals surface area contributed by atoms with Gasteiger partial charge >= 0.3 is 0 Å². The molecule has 0 bridgehead atoms. The van der Waals surface area contributed by atoms with Crippen LogP contribution in [0.1, 0.15) is 19.4 Å². The molecule has 7 nitrogen and oxygen atoms in total. The minimum atomic E-state index is 0.525. The predicted octanol–water partition coefficient (Wildman–Crippen LogP) is 0.699. The highest BCUT2D eigenvalue weighted by molar-refractivity contribution is 5.79. The first-order valence-electron chi connectivity index (χ1n) is 9.22. The number of aliphatic imine (C=N–C) groups is 1. The summed E-state index contributed by atoms with van der Waals surface area (Å²) in [5.74, 6) is 1.54. The number of aryl methyl sites for hydroxylation is 1. The quantitative estimate of drug-likeness (QED) is 0.605. The Morgan fingerprint density at radius 1 is 1.28 bits per heavy atom. The molecule has 1 fully saturated rings. The van der Waals surface area contributed by atoms with Crippen LogP contribution in [0.15, 0.2) is 17.4 Å². The molecular formula is C18H35N7. The summed E-state index contributed by atoms with van der Waals surface area (Å²) in [6.45, 7) is 10.9.